The molecular weight excluding hydrogens is 257 g/mol. The second-order valence-corrected chi connectivity index (χ2v) is 4.65. The Morgan fingerprint density at radius 2 is 1.90 bits per heavy atom. The number of amides is 1. The lowest BCUT2D eigenvalue weighted by molar-refractivity contribution is 0.0951. The van der Waals surface area contributed by atoms with E-state index in [-0.39, 0.29) is 23.0 Å². The Bertz CT molecular complexity index is 608. The van der Waals surface area contributed by atoms with Gasteiger partial charge >= 0.3 is 0 Å². The normalized spacial score (nSPS) is 10.3. The summed E-state index contributed by atoms with van der Waals surface area (Å²) < 4.78 is 12.7. The van der Waals surface area contributed by atoms with Gasteiger partial charge in [-0.25, -0.2) is 4.39 Å². The molecule has 0 radical (unpaired) electrons. The van der Waals surface area contributed by atoms with Gasteiger partial charge in [-0.2, -0.15) is 0 Å². The van der Waals surface area contributed by atoms with Crippen molar-refractivity contribution in [2.24, 2.45) is 0 Å². The molecule has 4 heteroatoms. The van der Waals surface area contributed by atoms with Gasteiger partial charge in [0, 0.05) is 6.54 Å². The van der Waals surface area contributed by atoms with Gasteiger partial charge in [-0.05, 0) is 48.7 Å². The predicted octanol–water partition coefficient (Wildman–Crippen LogP) is 2.81. The summed E-state index contributed by atoms with van der Waals surface area (Å²) in [5.41, 5.74) is 2.10. The number of halogens is 1. The van der Waals surface area contributed by atoms with Gasteiger partial charge in [0.15, 0.2) is 0 Å². The molecule has 0 aliphatic carbocycles. The Hall–Kier alpha value is -2.36. The summed E-state index contributed by atoms with van der Waals surface area (Å²) in [5.74, 6) is -0.615. The van der Waals surface area contributed by atoms with E-state index in [1.165, 1.54) is 12.1 Å². The van der Waals surface area contributed by atoms with Crippen molar-refractivity contribution in [1.29, 1.82) is 0 Å². The molecule has 104 valence electrons. The highest BCUT2D eigenvalue weighted by atomic mass is 19.1. The van der Waals surface area contributed by atoms with Gasteiger partial charge in [0.25, 0.3) is 5.91 Å². The molecule has 3 nitrogen and oxygen atoms in total. The third-order valence-corrected chi connectivity index (χ3v) is 3.01. The first-order valence-corrected chi connectivity index (χ1v) is 6.38. The number of aryl methyl sites for hydroxylation is 1. The molecule has 2 aromatic carbocycles. The number of aromatic hydroxyl groups is 1. The Morgan fingerprint density at radius 3 is 2.55 bits per heavy atom. The van der Waals surface area contributed by atoms with E-state index >= 15 is 0 Å². The quantitative estimate of drug-likeness (QED) is 0.900. The molecule has 20 heavy (non-hydrogen) atoms. The highest BCUT2D eigenvalue weighted by Gasteiger charge is 2.10. The third kappa shape index (κ3) is 3.57. The summed E-state index contributed by atoms with van der Waals surface area (Å²) in [4.78, 5) is 11.9. The summed E-state index contributed by atoms with van der Waals surface area (Å²) in [6.07, 6.45) is 0.610. The average Bonchev–Trinajstić information content (AvgIpc) is 2.41. The van der Waals surface area contributed by atoms with Crippen molar-refractivity contribution in [3.63, 3.8) is 0 Å². The molecule has 0 bridgehead atoms. The molecule has 2 N–H and O–H groups in total. The van der Waals surface area contributed by atoms with Crippen LogP contribution in [-0.2, 0) is 6.42 Å². The van der Waals surface area contributed by atoms with Crippen LogP contribution in [0.3, 0.4) is 0 Å². The van der Waals surface area contributed by atoms with Crippen LogP contribution in [0.5, 0.6) is 5.75 Å². The fourth-order valence-corrected chi connectivity index (χ4v) is 1.90. The molecule has 0 aliphatic heterocycles. The number of benzene rings is 2. The van der Waals surface area contributed by atoms with Crippen LogP contribution in [0.25, 0.3) is 0 Å². The van der Waals surface area contributed by atoms with Crippen LogP contribution in [0.2, 0.25) is 0 Å². The van der Waals surface area contributed by atoms with Gasteiger partial charge in [0.1, 0.15) is 11.6 Å². The lowest BCUT2D eigenvalue weighted by Crippen LogP contribution is -2.25. The van der Waals surface area contributed by atoms with E-state index in [9.17, 15) is 14.3 Å². The van der Waals surface area contributed by atoms with Gasteiger partial charge in [0.05, 0.1) is 5.56 Å². The maximum atomic E-state index is 12.7. The zero-order valence-electron chi connectivity index (χ0n) is 11.2. The molecule has 0 aliphatic rings. The lowest BCUT2D eigenvalue weighted by Gasteiger charge is -2.07. The molecule has 0 heterocycles. The Labute approximate surface area is 117 Å². The van der Waals surface area contributed by atoms with Gasteiger partial charge in [-0.1, -0.05) is 18.2 Å². The first-order valence-electron chi connectivity index (χ1n) is 6.38. The topological polar surface area (TPSA) is 49.3 Å². The van der Waals surface area contributed by atoms with Crippen molar-refractivity contribution in [2.45, 2.75) is 13.3 Å². The first-order chi connectivity index (χ1) is 9.56. The second-order valence-electron chi connectivity index (χ2n) is 4.65. The molecule has 0 spiro atoms. The number of hydrogen-bond acceptors (Lipinski definition) is 2. The Balaban J connectivity index is 1.90. The minimum Gasteiger partial charge on any atom is -0.507 e. The summed E-state index contributed by atoms with van der Waals surface area (Å²) in [7, 11) is 0. The Morgan fingerprint density at radius 1 is 1.20 bits per heavy atom. The molecule has 0 atom stereocenters. The van der Waals surface area contributed by atoms with E-state index < -0.39 is 0 Å². The molecule has 0 saturated carbocycles. The van der Waals surface area contributed by atoms with Crippen LogP contribution in [0.4, 0.5) is 4.39 Å². The standard InChI is InChI=1S/C16H16FNO2/c1-11-2-7-14(15(19)10-11)16(20)18-9-8-12-3-5-13(17)6-4-12/h2-7,10,19H,8-9H2,1H3,(H,18,20). The van der Waals surface area contributed by atoms with Crippen molar-refractivity contribution >= 4 is 5.91 Å². The SMILES string of the molecule is Cc1ccc(C(=O)NCCc2ccc(F)cc2)c(O)c1. The van der Waals surface area contributed by atoms with Gasteiger partial charge in [-0.3, -0.25) is 4.79 Å². The molecular formula is C16H16FNO2. The van der Waals surface area contributed by atoms with Crippen molar-refractivity contribution in [1.82, 2.24) is 5.32 Å². The lowest BCUT2D eigenvalue weighted by atomic mass is 10.1. The monoisotopic (exact) mass is 273 g/mol. The second kappa shape index (κ2) is 6.19. The van der Waals surface area contributed by atoms with Crippen LogP contribution in [0, 0.1) is 12.7 Å². The van der Waals surface area contributed by atoms with Crippen molar-refractivity contribution in [3.8, 4) is 5.75 Å². The highest BCUT2D eigenvalue weighted by Crippen LogP contribution is 2.18. The van der Waals surface area contributed by atoms with E-state index in [4.69, 9.17) is 0 Å². The van der Waals surface area contributed by atoms with E-state index in [1.807, 2.05) is 6.92 Å². The fraction of sp³-hybridized carbons (Fsp3) is 0.188. The van der Waals surface area contributed by atoms with Crippen molar-refractivity contribution in [2.75, 3.05) is 6.54 Å². The van der Waals surface area contributed by atoms with E-state index in [0.29, 0.717) is 13.0 Å². The summed E-state index contributed by atoms with van der Waals surface area (Å²) >= 11 is 0. The summed E-state index contributed by atoms with van der Waals surface area (Å²) in [6.45, 7) is 2.27. The van der Waals surface area contributed by atoms with E-state index in [1.54, 1.807) is 30.3 Å². The number of carbonyl (C=O) groups is 1. The molecule has 0 unspecified atom stereocenters. The smallest absolute Gasteiger partial charge is 0.255 e. The molecule has 1 amide bonds. The van der Waals surface area contributed by atoms with E-state index in [0.717, 1.165) is 11.1 Å². The number of carbonyl (C=O) groups excluding carboxylic acids is 1. The third-order valence-electron chi connectivity index (χ3n) is 3.01. The van der Waals surface area contributed by atoms with Crippen molar-refractivity contribution < 1.29 is 14.3 Å². The van der Waals surface area contributed by atoms with Crippen LogP contribution in [0.15, 0.2) is 42.5 Å². The van der Waals surface area contributed by atoms with Gasteiger partial charge in [0.2, 0.25) is 0 Å². The van der Waals surface area contributed by atoms with Crippen molar-refractivity contribution in [3.05, 3.63) is 65.0 Å². The predicted molar refractivity (Wildman–Crippen MR) is 75.3 cm³/mol. The minimum absolute atomic E-state index is 0.0238. The number of hydrogen-bond donors (Lipinski definition) is 2. The average molecular weight is 273 g/mol. The number of rotatable bonds is 4. The Kier molecular flexibility index (Phi) is 4.35. The molecule has 0 saturated heterocycles. The summed E-state index contributed by atoms with van der Waals surface area (Å²) in [6, 6.07) is 11.1. The number of nitrogens with one attached hydrogen (secondary N) is 1. The number of phenols is 1. The maximum absolute atomic E-state index is 12.7. The molecule has 0 aromatic heterocycles. The van der Waals surface area contributed by atoms with Crippen LogP contribution < -0.4 is 5.32 Å². The number of phenolic OH excluding ortho intramolecular Hbond substituents is 1. The zero-order chi connectivity index (χ0) is 14.5. The highest BCUT2D eigenvalue weighted by molar-refractivity contribution is 5.96. The van der Waals surface area contributed by atoms with Gasteiger partial charge in [-0.15, -0.1) is 0 Å². The largest absolute Gasteiger partial charge is 0.507 e. The molecule has 0 fully saturated rings. The molecule has 2 aromatic rings. The van der Waals surface area contributed by atoms with Crippen LogP contribution >= 0.6 is 0 Å². The van der Waals surface area contributed by atoms with Crippen LogP contribution in [0.1, 0.15) is 21.5 Å². The fourth-order valence-electron chi connectivity index (χ4n) is 1.90. The zero-order valence-corrected chi connectivity index (χ0v) is 11.2. The minimum atomic E-state index is -0.315. The van der Waals surface area contributed by atoms with Gasteiger partial charge < -0.3 is 10.4 Å². The molecule has 2 rings (SSSR count). The summed E-state index contributed by atoms with van der Waals surface area (Å²) in [5, 5.41) is 12.4. The maximum Gasteiger partial charge on any atom is 0.255 e. The van der Waals surface area contributed by atoms with E-state index in [2.05, 4.69) is 5.32 Å². The first kappa shape index (κ1) is 14.1. The van der Waals surface area contributed by atoms with Crippen LogP contribution in [-0.4, -0.2) is 17.6 Å².